The van der Waals surface area contributed by atoms with E-state index in [1.54, 1.807) is 24.3 Å². The van der Waals surface area contributed by atoms with Crippen molar-refractivity contribution < 1.29 is 4.79 Å². The summed E-state index contributed by atoms with van der Waals surface area (Å²) >= 11 is 0. The summed E-state index contributed by atoms with van der Waals surface area (Å²) in [4.78, 5) is 11.1. The molecule has 2 N–H and O–H groups in total. The van der Waals surface area contributed by atoms with E-state index in [0.717, 1.165) is 0 Å². The van der Waals surface area contributed by atoms with E-state index >= 15 is 0 Å². The fourth-order valence-electron chi connectivity index (χ4n) is 0.775. The Morgan fingerprint density at radius 2 is 1.82 bits per heavy atom. The Morgan fingerprint density at radius 1 is 1.27 bits per heavy atom. The molecule has 0 unspecified atom stereocenters. The van der Waals surface area contributed by atoms with Gasteiger partial charge in [-0.1, -0.05) is 36.9 Å². The number of hydrogen-bond donors (Lipinski definition) is 1. The molecule has 0 saturated heterocycles. The normalized spacial score (nSPS) is 9.09. The maximum atomic E-state index is 11.1. The monoisotopic (exact) mass is 147 g/mol. The maximum absolute atomic E-state index is 11.1. The molecule has 0 aliphatic carbocycles. The van der Waals surface area contributed by atoms with E-state index in [4.69, 9.17) is 5.73 Å². The lowest BCUT2D eigenvalue weighted by molar-refractivity contribution is 0.103. The first-order valence-electron chi connectivity index (χ1n) is 3.26. The molecule has 0 radical (unpaired) electrons. The van der Waals surface area contributed by atoms with Crippen LogP contribution in [0.1, 0.15) is 10.4 Å². The Balaban J connectivity index is 2.95. The summed E-state index contributed by atoms with van der Waals surface area (Å²) in [5.41, 5.74) is 5.89. The molecule has 0 saturated carbocycles. The van der Waals surface area contributed by atoms with E-state index in [9.17, 15) is 4.79 Å². The summed E-state index contributed by atoms with van der Waals surface area (Å²) < 4.78 is 0. The second-order valence-electron chi connectivity index (χ2n) is 2.22. The third kappa shape index (κ3) is 1.67. The van der Waals surface area contributed by atoms with Gasteiger partial charge in [-0.25, -0.2) is 0 Å². The second-order valence-corrected chi connectivity index (χ2v) is 2.22. The van der Waals surface area contributed by atoms with Gasteiger partial charge in [0.05, 0.1) is 5.70 Å². The average molecular weight is 147 g/mol. The van der Waals surface area contributed by atoms with E-state index in [0.29, 0.717) is 5.56 Å². The Labute approximate surface area is 65.3 Å². The largest absolute Gasteiger partial charge is 0.396 e. The van der Waals surface area contributed by atoms with Crippen LogP contribution in [0.25, 0.3) is 0 Å². The number of allylic oxidation sites excluding steroid dienone is 1. The van der Waals surface area contributed by atoms with Crippen LogP contribution in [0.15, 0.2) is 42.6 Å². The van der Waals surface area contributed by atoms with Gasteiger partial charge in [0.25, 0.3) is 0 Å². The van der Waals surface area contributed by atoms with Gasteiger partial charge >= 0.3 is 0 Å². The highest BCUT2D eigenvalue weighted by atomic mass is 16.1. The van der Waals surface area contributed by atoms with Gasteiger partial charge in [-0.3, -0.25) is 4.79 Å². The average Bonchev–Trinajstić information content (AvgIpc) is 2.05. The Morgan fingerprint density at radius 3 is 2.27 bits per heavy atom. The SMILES string of the molecule is C=C(N)C(=O)c1ccccc1. The number of Topliss-reactive ketones (excluding diaryl/α,β-unsaturated/α-hetero) is 1. The van der Waals surface area contributed by atoms with Crippen LogP contribution in [0.4, 0.5) is 0 Å². The van der Waals surface area contributed by atoms with Crippen molar-refractivity contribution in [3.05, 3.63) is 48.2 Å². The molecule has 0 fully saturated rings. The number of carbonyl (C=O) groups excluding carboxylic acids is 1. The van der Waals surface area contributed by atoms with Crippen LogP contribution in [0.2, 0.25) is 0 Å². The topological polar surface area (TPSA) is 43.1 Å². The fourth-order valence-corrected chi connectivity index (χ4v) is 0.775. The van der Waals surface area contributed by atoms with Gasteiger partial charge in [-0.15, -0.1) is 0 Å². The van der Waals surface area contributed by atoms with Gasteiger partial charge in [0.2, 0.25) is 5.78 Å². The first-order valence-corrected chi connectivity index (χ1v) is 3.26. The molecule has 1 aromatic carbocycles. The molecule has 0 bridgehead atoms. The first-order chi connectivity index (χ1) is 5.22. The highest BCUT2D eigenvalue weighted by Gasteiger charge is 2.04. The highest BCUT2D eigenvalue weighted by molar-refractivity contribution is 6.07. The molecule has 0 atom stereocenters. The summed E-state index contributed by atoms with van der Waals surface area (Å²) in [5, 5.41) is 0. The Hall–Kier alpha value is -1.57. The summed E-state index contributed by atoms with van der Waals surface area (Å²) in [6, 6.07) is 8.84. The minimum Gasteiger partial charge on any atom is -0.396 e. The summed E-state index contributed by atoms with van der Waals surface area (Å²) in [6.07, 6.45) is 0. The van der Waals surface area contributed by atoms with E-state index in [-0.39, 0.29) is 11.5 Å². The highest BCUT2D eigenvalue weighted by Crippen LogP contribution is 2.01. The minimum atomic E-state index is -0.203. The van der Waals surface area contributed by atoms with Crippen molar-refractivity contribution in [3.63, 3.8) is 0 Å². The van der Waals surface area contributed by atoms with Crippen LogP contribution in [-0.4, -0.2) is 5.78 Å². The summed E-state index contributed by atoms with van der Waals surface area (Å²) in [6.45, 7) is 3.36. The minimum absolute atomic E-state index is 0.0798. The molecular weight excluding hydrogens is 138 g/mol. The summed E-state index contributed by atoms with van der Waals surface area (Å²) in [7, 11) is 0. The van der Waals surface area contributed by atoms with Crippen LogP contribution in [0, 0.1) is 0 Å². The van der Waals surface area contributed by atoms with Crippen molar-refractivity contribution in [2.24, 2.45) is 5.73 Å². The Kier molecular flexibility index (Phi) is 2.06. The molecule has 56 valence electrons. The molecule has 0 aliphatic rings. The van der Waals surface area contributed by atoms with Gasteiger partial charge < -0.3 is 5.73 Å². The zero-order valence-corrected chi connectivity index (χ0v) is 6.08. The number of benzene rings is 1. The number of ketones is 1. The van der Waals surface area contributed by atoms with E-state index in [2.05, 4.69) is 6.58 Å². The molecule has 0 aromatic heterocycles. The first kappa shape index (κ1) is 7.54. The molecule has 0 spiro atoms. The number of nitrogens with two attached hydrogens (primary N) is 1. The van der Waals surface area contributed by atoms with Crippen molar-refractivity contribution in [2.75, 3.05) is 0 Å². The van der Waals surface area contributed by atoms with Crippen LogP contribution in [0.3, 0.4) is 0 Å². The zero-order chi connectivity index (χ0) is 8.27. The molecule has 0 amide bonds. The number of rotatable bonds is 2. The maximum Gasteiger partial charge on any atom is 0.208 e. The molecule has 0 heterocycles. The van der Waals surface area contributed by atoms with Crippen molar-refractivity contribution in [3.8, 4) is 0 Å². The smallest absolute Gasteiger partial charge is 0.208 e. The molecule has 11 heavy (non-hydrogen) atoms. The standard InChI is InChI=1S/C9H9NO/c1-7(10)9(11)8-5-3-2-4-6-8/h2-6H,1,10H2. The quantitative estimate of drug-likeness (QED) is 0.506. The van der Waals surface area contributed by atoms with Crippen LogP contribution >= 0.6 is 0 Å². The lowest BCUT2D eigenvalue weighted by Gasteiger charge is -1.96. The molecule has 1 rings (SSSR count). The fraction of sp³-hybridized carbons (Fsp3) is 0. The van der Waals surface area contributed by atoms with Crippen LogP contribution in [-0.2, 0) is 0 Å². The van der Waals surface area contributed by atoms with E-state index in [1.807, 2.05) is 6.07 Å². The van der Waals surface area contributed by atoms with E-state index < -0.39 is 0 Å². The van der Waals surface area contributed by atoms with Crippen molar-refractivity contribution in [1.29, 1.82) is 0 Å². The Bertz CT molecular complexity index is 277. The van der Waals surface area contributed by atoms with Gasteiger partial charge in [0.1, 0.15) is 0 Å². The third-order valence-electron chi connectivity index (χ3n) is 1.33. The van der Waals surface area contributed by atoms with Gasteiger partial charge in [-0.05, 0) is 0 Å². The lowest BCUT2D eigenvalue weighted by atomic mass is 10.1. The molecule has 2 nitrogen and oxygen atoms in total. The predicted octanol–water partition coefficient (Wildman–Crippen LogP) is 1.34. The van der Waals surface area contributed by atoms with Crippen molar-refractivity contribution in [2.45, 2.75) is 0 Å². The molecular formula is C9H9NO. The molecule has 0 aliphatic heterocycles. The van der Waals surface area contributed by atoms with Crippen LogP contribution in [0.5, 0.6) is 0 Å². The predicted molar refractivity (Wildman–Crippen MR) is 44.1 cm³/mol. The number of hydrogen-bond acceptors (Lipinski definition) is 2. The molecule has 1 aromatic rings. The summed E-state index contributed by atoms with van der Waals surface area (Å²) in [5.74, 6) is -0.203. The molecule has 2 heteroatoms. The van der Waals surface area contributed by atoms with Gasteiger partial charge in [-0.2, -0.15) is 0 Å². The third-order valence-corrected chi connectivity index (χ3v) is 1.33. The second kappa shape index (κ2) is 3.01. The number of carbonyl (C=O) groups is 1. The van der Waals surface area contributed by atoms with Gasteiger partial charge in [0.15, 0.2) is 0 Å². The zero-order valence-electron chi connectivity index (χ0n) is 6.08. The lowest BCUT2D eigenvalue weighted by Crippen LogP contribution is -2.09. The van der Waals surface area contributed by atoms with E-state index in [1.165, 1.54) is 0 Å². The van der Waals surface area contributed by atoms with Gasteiger partial charge in [0, 0.05) is 5.56 Å². The van der Waals surface area contributed by atoms with Crippen molar-refractivity contribution >= 4 is 5.78 Å². The van der Waals surface area contributed by atoms with Crippen LogP contribution < -0.4 is 5.73 Å². The van der Waals surface area contributed by atoms with Crippen molar-refractivity contribution in [1.82, 2.24) is 0 Å².